The molecule has 2 N–H and O–H groups in total. The van der Waals surface area contributed by atoms with Crippen LogP contribution in [-0.2, 0) is 6.54 Å². The van der Waals surface area contributed by atoms with Crippen molar-refractivity contribution in [3.63, 3.8) is 0 Å². The third kappa shape index (κ3) is 2.37. The molecule has 0 radical (unpaired) electrons. The summed E-state index contributed by atoms with van der Waals surface area (Å²) < 4.78 is 0. The fourth-order valence-corrected chi connectivity index (χ4v) is 3.13. The summed E-state index contributed by atoms with van der Waals surface area (Å²) in [6, 6.07) is 10.6. The van der Waals surface area contributed by atoms with Crippen molar-refractivity contribution in [1.29, 1.82) is 0 Å². The van der Waals surface area contributed by atoms with Crippen molar-refractivity contribution < 1.29 is 5.11 Å². The Morgan fingerprint density at radius 1 is 1.29 bits per heavy atom. The number of aliphatic hydroxyl groups is 1. The zero-order chi connectivity index (χ0) is 11.7. The summed E-state index contributed by atoms with van der Waals surface area (Å²) in [5.41, 5.74) is 1.57. The van der Waals surface area contributed by atoms with Crippen LogP contribution < -0.4 is 5.32 Å². The quantitative estimate of drug-likeness (QED) is 0.798. The van der Waals surface area contributed by atoms with Crippen molar-refractivity contribution in [2.75, 3.05) is 19.6 Å². The van der Waals surface area contributed by atoms with Gasteiger partial charge in [-0.2, -0.15) is 0 Å². The molecule has 0 bridgehead atoms. The Bertz CT molecular complexity index is 373. The Hall–Kier alpha value is -0.900. The van der Waals surface area contributed by atoms with Gasteiger partial charge < -0.3 is 10.4 Å². The molecule has 0 amide bonds. The van der Waals surface area contributed by atoms with Crippen molar-refractivity contribution in [2.24, 2.45) is 0 Å². The van der Waals surface area contributed by atoms with Crippen LogP contribution in [0, 0.1) is 0 Å². The van der Waals surface area contributed by atoms with E-state index in [0.29, 0.717) is 0 Å². The van der Waals surface area contributed by atoms with E-state index < -0.39 is 0 Å². The molecule has 3 rings (SSSR count). The lowest BCUT2D eigenvalue weighted by Gasteiger charge is -2.53. The lowest BCUT2D eigenvalue weighted by atomic mass is 9.80. The molecule has 2 heterocycles. The van der Waals surface area contributed by atoms with E-state index in [4.69, 9.17) is 0 Å². The van der Waals surface area contributed by atoms with Crippen LogP contribution in [0.5, 0.6) is 0 Å². The molecule has 1 atom stereocenters. The van der Waals surface area contributed by atoms with E-state index >= 15 is 0 Å². The van der Waals surface area contributed by atoms with Crippen LogP contribution in [0.1, 0.15) is 18.4 Å². The molecule has 0 saturated carbocycles. The lowest BCUT2D eigenvalue weighted by molar-refractivity contribution is -0.0259. The minimum Gasteiger partial charge on any atom is -0.393 e. The van der Waals surface area contributed by atoms with Gasteiger partial charge >= 0.3 is 0 Å². The lowest BCUT2D eigenvalue weighted by Crippen LogP contribution is -2.71. The average Bonchev–Trinajstić information content (AvgIpc) is 2.28. The number of nitrogens with zero attached hydrogens (tertiary/aromatic N) is 1. The van der Waals surface area contributed by atoms with Gasteiger partial charge in [-0.1, -0.05) is 30.3 Å². The number of rotatable bonds is 2. The number of aliphatic hydroxyl groups excluding tert-OH is 1. The summed E-state index contributed by atoms with van der Waals surface area (Å²) in [5, 5.41) is 13.3. The van der Waals surface area contributed by atoms with Gasteiger partial charge in [-0.05, 0) is 24.9 Å². The molecule has 3 heteroatoms. The molecular weight excluding hydrogens is 212 g/mol. The van der Waals surface area contributed by atoms with Crippen molar-refractivity contribution in [2.45, 2.75) is 31.0 Å². The summed E-state index contributed by atoms with van der Waals surface area (Å²) in [6.45, 7) is 4.12. The Kier molecular flexibility index (Phi) is 2.90. The molecule has 1 aromatic rings. The molecule has 0 aromatic heterocycles. The molecule has 2 saturated heterocycles. The summed E-state index contributed by atoms with van der Waals surface area (Å²) in [4.78, 5) is 2.44. The van der Waals surface area contributed by atoms with Gasteiger partial charge in [0.2, 0.25) is 0 Å². The van der Waals surface area contributed by atoms with E-state index in [-0.39, 0.29) is 11.6 Å². The van der Waals surface area contributed by atoms with Gasteiger partial charge in [0.25, 0.3) is 0 Å². The van der Waals surface area contributed by atoms with Crippen LogP contribution in [-0.4, -0.2) is 41.3 Å². The first-order valence-electron chi connectivity index (χ1n) is 6.45. The summed E-state index contributed by atoms with van der Waals surface area (Å²) in [7, 11) is 0. The maximum absolute atomic E-state index is 9.73. The molecular formula is C14H20N2O. The number of nitrogens with one attached hydrogen (secondary N) is 1. The van der Waals surface area contributed by atoms with Crippen LogP contribution in [0.2, 0.25) is 0 Å². The number of piperidine rings is 1. The molecule has 1 aromatic carbocycles. The van der Waals surface area contributed by atoms with Crippen molar-refractivity contribution in [3.05, 3.63) is 35.9 Å². The largest absolute Gasteiger partial charge is 0.393 e. The second-order valence-electron chi connectivity index (χ2n) is 5.48. The smallest absolute Gasteiger partial charge is 0.0570 e. The Labute approximate surface area is 102 Å². The number of hydrogen-bond acceptors (Lipinski definition) is 3. The first-order valence-corrected chi connectivity index (χ1v) is 6.45. The van der Waals surface area contributed by atoms with Crippen molar-refractivity contribution in [1.82, 2.24) is 10.2 Å². The fourth-order valence-electron chi connectivity index (χ4n) is 3.13. The van der Waals surface area contributed by atoms with Gasteiger partial charge in [0.15, 0.2) is 0 Å². The normalized spacial score (nSPS) is 27.9. The molecule has 1 unspecified atom stereocenters. The van der Waals surface area contributed by atoms with E-state index in [0.717, 1.165) is 39.0 Å². The van der Waals surface area contributed by atoms with Crippen LogP contribution >= 0.6 is 0 Å². The monoisotopic (exact) mass is 232 g/mol. The zero-order valence-electron chi connectivity index (χ0n) is 10.1. The molecule has 2 aliphatic rings. The Balaban J connectivity index is 1.54. The van der Waals surface area contributed by atoms with E-state index in [1.807, 2.05) is 0 Å². The topological polar surface area (TPSA) is 35.5 Å². The second kappa shape index (κ2) is 4.41. The van der Waals surface area contributed by atoms with E-state index in [1.165, 1.54) is 5.56 Å². The van der Waals surface area contributed by atoms with Crippen LogP contribution in [0.3, 0.4) is 0 Å². The van der Waals surface area contributed by atoms with Gasteiger partial charge in [0.1, 0.15) is 0 Å². The summed E-state index contributed by atoms with van der Waals surface area (Å²) in [5.74, 6) is 0. The van der Waals surface area contributed by atoms with E-state index in [2.05, 4.69) is 40.5 Å². The highest BCUT2D eigenvalue weighted by Gasteiger charge is 2.45. The molecule has 0 aliphatic carbocycles. The van der Waals surface area contributed by atoms with E-state index in [9.17, 15) is 5.11 Å². The zero-order valence-corrected chi connectivity index (χ0v) is 10.1. The van der Waals surface area contributed by atoms with Gasteiger partial charge in [0, 0.05) is 25.2 Å². The first kappa shape index (κ1) is 11.2. The predicted octanol–water partition coefficient (Wildman–Crippen LogP) is 0.985. The van der Waals surface area contributed by atoms with Gasteiger partial charge in [-0.15, -0.1) is 0 Å². The maximum Gasteiger partial charge on any atom is 0.0570 e. The van der Waals surface area contributed by atoms with Crippen molar-refractivity contribution in [3.8, 4) is 0 Å². The van der Waals surface area contributed by atoms with Gasteiger partial charge in [-0.3, -0.25) is 4.90 Å². The van der Waals surface area contributed by atoms with Gasteiger partial charge in [0.05, 0.1) is 6.10 Å². The summed E-state index contributed by atoms with van der Waals surface area (Å²) in [6.07, 6.45) is 1.72. The van der Waals surface area contributed by atoms with Crippen molar-refractivity contribution >= 4 is 0 Å². The highest BCUT2D eigenvalue weighted by atomic mass is 16.3. The fraction of sp³-hybridized carbons (Fsp3) is 0.571. The Morgan fingerprint density at radius 3 is 2.76 bits per heavy atom. The number of benzene rings is 1. The van der Waals surface area contributed by atoms with Gasteiger partial charge in [-0.25, -0.2) is 0 Å². The number of likely N-dealkylation sites (tertiary alicyclic amines) is 1. The Morgan fingerprint density at radius 2 is 2.06 bits per heavy atom. The molecule has 1 spiro atoms. The minimum atomic E-state index is -0.102. The SMILES string of the molecule is OC1CCNC2(C1)CN(Cc1ccccc1)C2. The molecule has 2 fully saturated rings. The summed E-state index contributed by atoms with van der Waals surface area (Å²) >= 11 is 0. The predicted molar refractivity (Wildman–Crippen MR) is 67.7 cm³/mol. The van der Waals surface area contributed by atoms with Crippen LogP contribution in [0.15, 0.2) is 30.3 Å². The third-order valence-corrected chi connectivity index (χ3v) is 3.91. The number of hydrogen-bond donors (Lipinski definition) is 2. The standard InChI is InChI=1S/C14H20N2O/c17-13-6-7-15-14(8-13)10-16(11-14)9-12-4-2-1-3-5-12/h1-5,13,15,17H,6-11H2. The average molecular weight is 232 g/mol. The van der Waals surface area contributed by atoms with Crippen LogP contribution in [0.25, 0.3) is 0 Å². The molecule has 3 nitrogen and oxygen atoms in total. The first-order chi connectivity index (χ1) is 8.26. The second-order valence-corrected chi connectivity index (χ2v) is 5.48. The van der Waals surface area contributed by atoms with E-state index in [1.54, 1.807) is 0 Å². The molecule has 92 valence electrons. The maximum atomic E-state index is 9.73. The highest BCUT2D eigenvalue weighted by molar-refractivity contribution is 5.16. The third-order valence-electron chi connectivity index (χ3n) is 3.91. The molecule has 2 aliphatic heterocycles. The minimum absolute atomic E-state index is 0.102. The highest BCUT2D eigenvalue weighted by Crippen LogP contribution is 2.30. The van der Waals surface area contributed by atoms with Crippen LogP contribution in [0.4, 0.5) is 0 Å². The molecule has 17 heavy (non-hydrogen) atoms.